The van der Waals surface area contributed by atoms with Crippen LogP contribution in [0.5, 0.6) is 0 Å². The summed E-state index contributed by atoms with van der Waals surface area (Å²) in [7, 11) is 0. The summed E-state index contributed by atoms with van der Waals surface area (Å²) in [5, 5.41) is 19.6. The van der Waals surface area contributed by atoms with Gasteiger partial charge in [-0.2, -0.15) is 23.7 Å². The fourth-order valence-electron chi connectivity index (χ4n) is 1.17. The first kappa shape index (κ1) is 14.1. The molecule has 1 atom stereocenters. The summed E-state index contributed by atoms with van der Waals surface area (Å²) in [5.41, 5.74) is 0.554. The summed E-state index contributed by atoms with van der Waals surface area (Å²) in [5.74, 6) is -2.09. The number of rotatable bonds is 3. The molecule has 0 saturated heterocycles. The highest BCUT2D eigenvalue weighted by atomic mass is 35.5. The lowest BCUT2D eigenvalue weighted by molar-refractivity contribution is -0.155. The smallest absolute Gasteiger partial charge is 0.383 e. The molecule has 0 aliphatic carbocycles. The Morgan fingerprint density at radius 1 is 1.33 bits per heavy atom. The van der Waals surface area contributed by atoms with Crippen LogP contribution in [0.2, 0.25) is 5.02 Å². The largest absolute Gasteiger partial charge is 0.406 e. The van der Waals surface area contributed by atoms with Crippen LogP contribution in [0.15, 0.2) is 18.2 Å². The molecular formula is C11H7ClF3N3. The van der Waals surface area contributed by atoms with Gasteiger partial charge in [0, 0.05) is 12.2 Å². The van der Waals surface area contributed by atoms with Crippen molar-refractivity contribution in [3.63, 3.8) is 0 Å². The van der Waals surface area contributed by atoms with Crippen molar-refractivity contribution in [3.05, 3.63) is 28.8 Å². The van der Waals surface area contributed by atoms with Crippen LogP contribution in [0.25, 0.3) is 0 Å². The molecule has 94 valence electrons. The van der Waals surface area contributed by atoms with Crippen molar-refractivity contribution in [2.24, 2.45) is 5.92 Å². The maximum absolute atomic E-state index is 12.3. The van der Waals surface area contributed by atoms with Crippen molar-refractivity contribution in [1.29, 1.82) is 10.5 Å². The number of nitrogens with one attached hydrogen (secondary N) is 1. The van der Waals surface area contributed by atoms with Gasteiger partial charge in [0.2, 0.25) is 0 Å². The number of nitriles is 2. The van der Waals surface area contributed by atoms with Crippen LogP contribution in [0, 0.1) is 28.6 Å². The van der Waals surface area contributed by atoms with Gasteiger partial charge in [0.15, 0.2) is 5.92 Å². The molecule has 1 unspecified atom stereocenters. The van der Waals surface area contributed by atoms with E-state index < -0.39 is 18.6 Å². The monoisotopic (exact) mass is 273 g/mol. The van der Waals surface area contributed by atoms with Crippen LogP contribution in [-0.2, 0) is 0 Å². The van der Waals surface area contributed by atoms with Crippen molar-refractivity contribution in [2.45, 2.75) is 6.18 Å². The lowest BCUT2D eigenvalue weighted by atomic mass is 10.1. The normalized spacial score (nSPS) is 12.3. The lowest BCUT2D eigenvalue weighted by Crippen LogP contribution is -2.28. The second kappa shape index (κ2) is 5.61. The molecule has 0 heterocycles. The molecule has 0 bridgehead atoms. The van der Waals surface area contributed by atoms with Crippen LogP contribution in [0.1, 0.15) is 5.56 Å². The number of alkyl halides is 3. The molecule has 0 aliphatic rings. The Bertz CT molecular complexity index is 514. The van der Waals surface area contributed by atoms with Crippen LogP contribution in [-0.4, -0.2) is 12.7 Å². The Hall–Kier alpha value is -1.92. The van der Waals surface area contributed by atoms with Crippen LogP contribution in [0.4, 0.5) is 18.9 Å². The van der Waals surface area contributed by atoms with Gasteiger partial charge in [-0.3, -0.25) is 0 Å². The SMILES string of the molecule is N#Cc1ccc(NCC(C#N)C(F)(F)F)cc1Cl. The first-order valence-electron chi connectivity index (χ1n) is 4.78. The van der Waals surface area contributed by atoms with Gasteiger partial charge in [-0.25, -0.2) is 0 Å². The molecule has 3 nitrogen and oxygen atoms in total. The predicted octanol–water partition coefficient (Wildman–Crippen LogP) is 3.33. The first-order chi connectivity index (χ1) is 8.38. The highest BCUT2D eigenvalue weighted by Crippen LogP contribution is 2.26. The summed E-state index contributed by atoms with van der Waals surface area (Å²) >= 11 is 5.72. The van der Waals surface area contributed by atoms with Gasteiger partial charge >= 0.3 is 6.18 Å². The minimum absolute atomic E-state index is 0.142. The Morgan fingerprint density at radius 3 is 2.44 bits per heavy atom. The third kappa shape index (κ3) is 3.54. The molecule has 7 heteroatoms. The summed E-state index contributed by atoms with van der Waals surface area (Å²) in [4.78, 5) is 0. The zero-order chi connectivity index (χ0) is 13.8. The molecule has 0 spiro atoms. The Morgan fingerprint density at radius 2 is 2.00 bits per heavy atom. The topological polar surface area (TPSA) is 59.6 Å². The van der Waals surface area contributed by atoms with Gasteiger partial charge in [-0.05, 0) is 18.2 Å². The third-order valence-corrected chi connectivity index (χ3v) is 2.46. The van der Waals surface area contributed by atoms with E-state index in [9.17, 15) is 13.2 Å². The summed E-state index contributed by atoms with van der Waals surface area (Å²) in [6.07, 6.45) is -4.57. The van der Waals surface area contributed by atoms with Crippen molar-refractivity contribution >= 4 is 17.3 Å². The van der Waals surface area contributed by atoms with E-state index in [0.29, 0.717) is 5.69 Å². The zero-order valence-corrected chi connectivity index (χ0v) is 9.68. The van der Waals surface area contributed by atoms with Gasteiger partial charge in [-0.1, -0.05) is 11.6 Å². The zero-order valence-electron chi connectivity index (χ0n) is 8.92. The van der Waals surface area contributed by atoms with Crippen molar-refractivity contribution in [1.82, 2.24) is 0 Å². The predicted molar refractivity (Wildman–Crippen MR) is 59.8 cm³/mol. The molecule has 0 aromatic heterocycles. The van der Waals surface area contributed by atoms with E-state index in [-0.39, 0.29) is 10.6 Å². The van der Waals surface area contributed by atoms with Crippen LogP contribution >= 0.6 is 11.6 Å². The fourth-order valence-corrected chi connectivity index (χ4v) is 1.39. The van der Waals surface area contributed by atoms with E-state index >= 15 is 0 Å². The average Bonchev–Trinajstić information content (AvgIpc) is 2.28. The van der Waals surface area contributed by atoms with E-state index in [1.165, 1.54) is 24.3 Å². The first-order valence-corrected chi connectivity index (χ1v) is 5.16. The van der Waals surface area contributed by atoms with Gasteiger partial charge in [0.1, 0.15) is 6.07 Å². The van der Waals surface area contributed by atoms with E-state index in [1.54, 1.807) is 0 Å². The minimum Gasteiger partial charge on any atom is -0.383 e. The molecule has 0 radical (unpaired) electrons. The lowest BCUT2D eigenvalue weighted by Gasteiger charge is -2.14. The molecule has 1 N–H and O–H groups in total. The van der Waals surface area contributed by atoms with Crippen LogP contribution in [0.3, 0.4) is 0 Å². The minimum atomic E-state index is -4.57. The van der Waals surface area contributed by atoms with Crippen LogP contribution < -0.4 is 5.32 Å². The number of hydrogen-bond donors (Lipinski definition) is 1. The molecular weight excluding hydrogens is 267 g/mol. The Kier molecular flexibility index (Phi) is 4.41. The molecule has 1 aromatic rings. The third-order valence-electron chi connectivity index (χ3n) is 2.15. The van der Waals surface area contributed by atoms with Crippen molar-refractivity contribution in [2.75, 3.05) is 11.9 Å². The number of anilines is 1. The van der Waals surface area contributed by atoms with E-state index in [1.807, 2.05) is 6.07 Å². The van der Waals surface area contributed by atoms with Gasteiger partial charge in [0.25, 0.3) is 0 Å². The molecule has 1 rings (SSSR count). The molecule has 18 heavy (non-hydrogen) atoms. The summed E-state index contributed by atoms with van der Waals surface area (Å²) < 4.78 is 36.9. The Balaban J connectivity index is 2.73. The standard InChI is InChI=1S/C11H7ClF3N3/c12-10-3-9(2-1-7(10)4-16)18-6-8(5-17)11(13,14)15/h1-3,8,18H,6H2. The highest BCUT2D eigenvalue weighted by molar-refractivity contribution is 6.32. The second-order valence-corrected chi connectivity index (χ2v) is 3.82. The van der Waals surface area contributed by atoms with E-state index in [0.717, 1.165) is 0 Å². The number of benzene rings is 1. The molecule has 0 amide bonds. The summed E-state index contributed by atoms with van der Waals surface area (Å²) in [6.45, 7) is -0.567. The van der Waals surface area contributed by atoms with E-state index in [2.05, 4.69) is 5.32 Å². The van der Waals surface area contributed by atoms with Gasteiger partial charge in [-0.15, -0.1) is 0 Å². The highest BCUT2D eigenvalue weighted by Gasteiger charge is 2.39. The molecule has 1 aromatic carbocycles. The molecule has 0 saturated carbocycles. The Labute approximate surface area is 106 Å². The van der Waals surface area contributed by atoms with Gasteiger partial charge in [0.05, 0.1) is 16.7 Å². The number of halogens is 4. The number of nitrogens with zero attached hydrogens (tertiary/aromatic N) is 2. The summed E-state index contributed by atoms with van der Waals surface area (Å²) in [6, 6.07) is 7.16. The number of hydrogen-bond acceptors (Lipinski definition) is 3. The fraction of sp³-hybridized carbons (Fsp3) is 0.273. The molecule has 0 fully saturated rings. The average molecular weight is 274 g/mol. The van der Waals surface area contributed by atoms with Crippen molar-refractivity contribution < 1.29 is 13.2 Å². The quantitative estimate of drug-likeness (QED) is 0.919. The van der Waals surface area contributed by atoms with Crippen molar-refractivity contribution in [3.8, 4) is 12.1 Å². The maximum atomic E-state index is 12.3. The molecule has 0 aliphatic heterocycles. The van der Waals surface area contributed by atoms with Gasteiger partial charge < -0.3 is 5.32 Å². The van der Waals surface area contributed by atoms with E-state index in [4.69, 9.17) is 22.1 Å². The maximum Gasteiger partial charge on any atom is 0.406 e. The second-order valence-electron chi connectivity index (χ2n) is 3.41.